The molecule has 4 aromatic rings. The average Bonchev–Trinajstić information content (AvgIpc) is 3.72. The average molecular weight is 592 g/mol. The summed E-state index contributed by atoms with van der Waals surface area (Å²) in [5.74, 6) is -1.44. The molecule has 43 heavy (non-hydrogen) atoms. The third-order valence-corrected chi connectivity index (χ3v) is 7.79. The highest BCUT2D eigenvalue weighted by Gasteiger charge is 2.33. The first-order chi connectivity index (χ1) is 20.6. The molecule has 2 N–H and O–H groups in total. The molecule has 1 amide bonds. The Morgan fingerprint density at radius 1 is 1.21 bits per heavy atom. The smallest absolute Gasteiger partial charge is 0.411 e. The summed E-state index contributed by atoms with van der Waals surface area (Å²) < 4.78 is 44.2. The number of nitrogens with zero attached hydrogens (tertiary/aromatic N) is 4. The lowest BCUT2D eigenvalue weighted by atomic mass is 9.95. The van der Waals surface area contributed by atoms with Crippen LogP contribution in [0.4, 0.5) is 13.6 Å². The number of rotatable bonds is 5. The third-order valence-electron chi connectivity index (χ3n) is 7.79. The van der Waals surface area contributed by atoms with Crippen LogP contribution >= 0.6 is 0 Å². The van der Waals surface area contributed by atoms with E-state index in [0.717, 1.165) is 12.8 Å². The van der Waals surface area contributed by atoms with Crippen molar-refractivity contribution in [2.45, 2.75) is 71.2 Å². The summed E-state index contributed by atoms with van der Waals surface area (Å²) in [6.45, 7) is 8.25. The number of halogens is 2. The van der Waals surface area contributed by atoms with Crippen molar-refractivity contribution >= 4 is 17.0 Å². The van der Waals surface area contributed by atoms with E-state index in [9.17, 15) is 14.3 Å². The fourth-order valence-corrected chi connectivity index (χ4v) is 5.74. The Bertz CT molecular complexity index is 1710. The number of aromatic nitrogens is 4. The number of benzene rings is 2. The summed E-state index contributed by atoms with van der Waals surface area (Å²) in [6, 6.07) is 5.43. The summed E-state index contributed by atoms with van der Waals surface area (Å²) in [4.78, 5) is 22.4. The molecule has 2 atom stereocenters. The van der Waals surface area contributed by atoms with Crippen LogP contribution in [0.25, 0.3) is 33.5 Å². The van der Waals surface area contributed by atoms with Crippen LogP contribution in [0.1, 0.15) is 70.5 Å². The number of carbonyl (C=O) groups is 1. The third kappa shape index (κ3) is 5.37. The van der Waals surface area contributed by atoms with Crippen molar-refractivity contribution in [3.05, 3.63) is 65.5 Å². The summed E-state index contributed by atoms with van der Waals surface area (Å²) in [5.41, 5.74) is 1.80. The van der Waals surface area contributed by atoms with Crippen molar-refractivity contribution in [2.75, 3.05) is 13.2 Å². The molecule has 2 aliphatic rings. The van der Waals surface area contributed by atoms with E-state index in [2.05, 4.69) is 4.98 Å². The minimum atomic E-state index is -0.819. The van der Waals surface area contributed by atoms with E-state index in [4.69, 9.17) is 19.6 Å². The van der Waals surface area contributed by atoms with E-state index in [-0.39, 0.29) is 11.1 Å². The first-order valence-corrected chi connectivity index (χ1v) is 14.6. The highest BCUT2D eigenvalue weighted by Crippen LogP contribution is 2.39. The minimum Gasteiger partial charge on any atom is -0.505 e. The Hall–Kier alpha value is -4.25. The lowest BCUT2D eigenvalue weighted by Gasteiger charge is -2.27. The van der Waals surface area contributed by atoms with Crippen LogP contribution < -0.4 is 0 Å². The van der Waals surface area contributed by atoms with Gasteiger partial charge in [0.05, 0.1) is 11.7 Å². The second-order valence-electron chi connectivity index (χ2n) is 11.9. The first kappa shape index (κ1) is 28.9. The molecule has 6 rings (SSSR count). The highest BCUT2D eigenvalue weighted by molar-refractivity contribution is 5.95. The van der Waals surface area contributed by atoms with Gasteiger partial charge in [0, 0.05) is 30.3 Å². The Morgan fingerprint density at radius 3 is 2.74 bits per heavy atom. The van der Waals surface area contributed by atoms with Crippen LogP contribution in [-0.2, 0) is 15.9 Å². The molecular formula is C32H35F2N5O4. The summed E-state index contributed by atoms with van der Waals surface area (Å²) in [6.07, 6.45) is 7.53. The number of phenolic OH excluding ortho intramolecular Hbond substituents is 1. The molecule has 0 spiro atoms. The lowest BCUT2D eigenvalue weighted by Crippen LogP contribution is -2.36. The second-order valence-corrected chi connectivity index (χ2v) is 11.9. The molecule has 1 fully saturated rings. The van der Waals surface area contributed by atoms with E-state index in [1.165, 1.54) is 12.1 Å². The number of nitrogens with one attached hydrogen (secondary N) is 1. The van der Waals surface area contributed by atoms with Gasteiger partial charge in [-0.1, -0.05) is 25.1 Å². The Labute approximate surface area is 248 Å². The monoisotopic (exact) mass is 591 g/mol. The fourth-order valence-electron chi connectivity index (χ4n) is 5.74. The summed E-state index contributed by atoms with van der Waals surface area (Å²) >= 11 is 0. The van der Waals surface area contributed by atoms with Crippen LogP contribution in [0.3, 0.4) is 0 Å². The van der Waals surface area contributed by atoms with Gasteiger partial charge < -0.3 is 19.6 Å². The number of phenols is 1. The summed E-state index contributed by atoms with van der Waals surface area (Å²) in [7, 11) is 0. The van der Waals surface area contributed by atoms with Crippen molar-refractivity contribution in [3.63, 3.8) is 0 Å². The number of amides is 1. The number of hydrogen-bond acceptors (Lipinski definition) is 6. The predicted molar refractivity (Wildman–Crippen MR) is 157 cm³/mol. The number of ether oxygens (including phenoxy) is 2. The van der Waals surface area contributed by atoms with Gasteiger partial charge in [-0.3, -0.25) is 4.90 Å². The minimum absolute atomic E-state index is 0.205. The van der Waals surface area contributed by atoms with Gasteiger partial charge in [-0.15, -0.1) is 0 Å². The lowest BCUT2D eigenvalue weighted by molar-refractivity contribution is -0.0368. The maximum absolute atomic E-state index is 16.6. The first-order valence-electron chi connectivity index (χ1n) is 14.6. The highest BCUT2D eigenvalue weighted by atomic mass is 19.1. The van der Waals surface area contributed by atoms with Gasteiger partial charge in [-0.2, -0.15) is 5.10 Å². The zero-order valence-electron chi connectivity index (χ0n) is 24.7. The Balaban J connectivity index is 1.44. The number of hydrogen-bond donors (Lipinski definition) is 2. The van der Waals surface area contributed by atoms with E-state index in [1.807, 2.05) is 39.8 Å². The number of aromatic amines is 1. The number of carbonyl (C=O) groups excluding carboxylic acids is 1. The van der Waals surface area contributed by atoms with Crippen molar-refractivity contribution in [1.29, 1.82) is 0 Å². The molecule has 0 saturated carbocycles. The normalized spacial score (nSPS) is 19.0. The van der Waals surface area contributed by atoms with Crippen LogP contribution in [-0.4, -0.2) is 54.6 Å². The molecule has 2 unspecified atom stereocenters. The maximum Gasteiger partial charge on any atom is 0.411 e. The topological polar surface area (TPSA) is 106 Å². The Morgan fingerprint density at radius 2 is 2.02 bits per heavy atom. The zero-order valence-corrected chi connectivity index (χ0v) is 24.7. The number of aryl methyl sites for hydroxylation is 1. The van der Waals surface area contributed by atoms with Gasteiger partial charge >= 0.3 is 6.09 Å². The number of H-pyrrole nitrogens is 1. The molecule has 2 aromatic heterocycles. The molecule has 1 saturated heterocycles. The summed E-state index contributed by atoms with van der Waals surface area (Å²) in [5, 5.41) is 15.3. The van der Waals surface area contributed by atoms with Crippen molar-refractivity contribution in [1.82, 2.24) is 24.6 Å². The number of fused-ring (bicyclic) bond motifs is 1. The quantitative estimate of drug-likeness (QED) is 0.238. The number of imidazole rings is 1. The SMILES string of the molecule is CCc1cc(O)c(F)cc1-c1ccc2c(-c3nc(C4C=CCN4C(=O)OC(C)(C)C)c[nH]3)nn(C3CCCCO3)c2c1F. The molecule has 4 heterocycles. The largest absolute Gasteiger partial charge is 0.505 e. The molecule has 0 radical (unpaired) electrons. The van der Waals surface area contributed by atoms with Crippen molar-refractivity contribution in [2.24, 2.45) is 0 Å². The predicted octanol–water partition coefficient (Wildman–Crippen LogP) is 7.19. The molecule has 9 nitrogen and oxygen atoms in total. The standard InChI is InChI=1S/C32H35F2N5O4/c1-5-18-15-25(40)22(33)16-21(18)19-11-12-20-28(37-39(29(20)27(19)34)26-10-6-7-14-42-26)30-35-17-23(36-30)24-9-8-13-38(24)31(41)43-32(2,3)4/h8-9,11-12,15-17,24,26,40H,5-7,10,13-14H2,1-4H3,(H,35,36). The van der Waals surface area contributed by atoms with Gasteiger partial charge in [-0.25, -0.2) is 23.2 Å². The molecule has 226 valence electrons. The molecule has 0 bridgehead atoms. The van der Waals surface area contributed by atoms with E-state index < -0.39 is 41.3 Å². The van der Waals surface area contributed by atoms with Gasteiger partial charge in [0.15, 0.2) is 29.4 Å². The van der Waals surface area contributed by atoms with Gasteiger partial charge in [0.25, 0.3) is 0 Å². The number of aromatic hydroxyl groups is 1. The van der Waals surface area contributed by atoms with Crippen LogP contribution in [0, 0.1) is 11.6 Å². The Kier molecular flexibility index (Phi) is 7.45. The van der Waals surface area contributed by atoms with Crippen molar-refractivity contribution in [3.8, 4) is 28.4 Å². The van der Waals surface area contributed by atoms with E-state index in [1.54, 1.807) is 27.9 Å². The molecular weight excluding hydrogens is 556 g/mol. The maximum atomic E-state index is 16.6. The zero-order chi connectivity index (χ0) is 30.5. The van der Waals surface area contributed by atoms with E-state index in [0.29, 0.717) is 59.7 Å². The second kappa shape index (κ2) is 11.1. The van der Waals surface area contributed by atoms with Crippen LogP contribution in [0.5, 0.6) is 5.75 Å². The van der Waals surface area contributed by atoms with Crippen molar-refractivity contribution < 1.29 is 28.2 Å². The fraction of sp³-hybridized carbons (Fsp3) is 0.406. The molecule has 11 heteroatoms. The molecule has 0 aliphatic carbocycles. The molecule has 2 aliphatic heterocycles. The van der Waals surface area contributed by atoms with E-state index >= 15 is 4.39 Å². The van der Waals surface area contributed by atoms with Crippen LogP contribution in [0.2, 0.25) is 0 Å². The molecule has 2 aromatic carbocycles. The van der Waals surface area contributed by atoms with Gasteiger partial charge in [0.1, 0.15) is 16.8 Å². The van der Waals surface area contributed by atoms with Gasteiger partial charge in [-0.05, 0) is 75.8 Å². The van der Waals surface area contributed by atoms with Crippen LogP contribution in [0.15, 0.2) is 42.6 Å². The van der Waals surface area contributed by atoms with Gasteiger partial charge in [0.2, 0.25) is 0 Å².